The van der Waals surface area contributed by atoms with Crippen LogP contribution in [0.3, 0.4) is 0 Å². The number of ether oxygens (including phenoxy) is 2. The number of benzene rings is 3. The molecular formula is C34H34Cl2FN3O5. The van der Waals surface area contributed by atoms with Gasteiger partial charge in [0.2, 0.25) is 11.8 Å². The van der Waals surface area contributed by atoms with Gasteiger partial charge in [-0.15, -0.1) is 0 Å². The van der Waals surface area contributed by atoms with Crippen LogP contribution in [0.15, 0.2) is 60.7 Å². The van der Waals surface area contributed by atoms with Crippen LogP contribution in [0.4, 0.5) is 15.8 Å². The number of nitrogens with one attached hydrogen (secondary N) is 3. The number of ketones is 1. The van der Waals surface area contributed by atoms with Crippen LogP contribution in [0.5, 0.6) is 0 Å². The Morgan fingerprint density at radius 3 is 2.51 bits per heavy atom. The van der Waals surface area contributed by atoms with Crippen molar-refractivity contribution >= 4 is 52.2 Å². The highest BCUT2D eigenvalue weighted by Crippen LogP contribution is 2.62. The molecule has 2 heterocycles. The molecule has 3 aliphatic rings. The first-order chi connectivity index (χ1) is 21.7. The summed E-state index contributed by atoms with van der Waals surface area (Å²) in [6, 6.07) is 15.4. The van der Waals surface area contributed by atoms with Gasteiger partial charge in [-0.05, 0) is 66.4 Å². The van der Waals surface area contributed by atoms with E-state index in [1.807, 2.05) is 6.07 Å². The quantitative estimate of drug-likeness (QED) is 0.186. The molecule has 1 saturated heterocycles. The van der Waals surface area contributed by atoms with Crippen molar-refractivity contribution in [1.82, 2.24) is 5.32 Å². The fourth-order valence-corrected chi connectivity index (χ4v) is 7.92. The first-order valence-corrected chi connectivity index (χ1v) is 15.8. The maximum atomic E-state index is 16.0. The molecule has 1 aliphatic carbocycles. The third kappa shape index (κ3) is 5.44. The number of amides is 2. The van der Waals surface area contributed by atoms with E-state index in [0.717, 1.165) is 19.3 Å². The summed E-state index contributed by atoms with van der Waals surface area (Å²) in [7, 11) is 1.55. The number of fused-ring (bicyclic) bond motifs is 3. The minimum Gasteiger partial charge on any atom is -0.382 e. The maximum Gasteiger partial charge on any atom is 0.242 e. The van der Waals surface area contributed by atoms with Gasteiger partial charge in [-0.25, -0.2) is 4.39 Å². The maximum absolute atomic E-state index is 16.0. The third-order valence-corrected chi connectivity index (χ3v) is 9.97. The number of hydrogen-bond acceptors (Lipinski definition) is 6. The number of carbonyl (C=O) groups is 3. The molecule has 2 fully saturated rings. The number of carbonyl (C=O) groups excluding carboxylic acids is 3. The standard InChI is InChI=1S/C34H34Cl2FN3O5/c1-44-16-17-45-19-27(41)20-8-11-22(12-9-20)38-31(42)30-28(23-6-5-7-25(36)29(23)37)34(33(40-30)14-3-2-4-15-33)24-13-10-21(35)18-26(24)39-32(34)43/h5-13,18,28,30,40H,2-4,14-17,19H2,1H3,(H,38,42)(H,39,43)/t28-,30+,34+/m0/s1. The first-order valence-electron chi connectivity index (χ1n) is 15.1. The molecule has 0 unspecified atom stereocenters. The van der Waals surface area contributed by atoms with E-state index in [1.54, 1.807) is 55.6 Å². The van der Waals surface area contributed by atoms with Gasteiger partial charge in [0.05, 0.1) is 24.3 Å². The summed E-state index contributed by atoms with van der Waals surface area (Å²) in [6.07, 6.45) is 3.91. The predicted octanol–water partition coefficient (Wildman–Crippen LogP) is 6.27. The van der Waals surface area contributed by atoms with Crippen molar-refractivity contribution in [2.75, 3.05) is 37.6 Å². The summed E-state index contributed by atoms with van der Waals surface area (Å²) in [5.74, 6) is -2.54. The fraction of sp³-hybridized carbons (Fsp3) is 0.382. The molecule has 11 heteroatoms. The summed E-state index contributed by atoms with van der Waals surface area (Å²) in [6.45, 7) is 0.599. The second-order valence-corrected chi connectivity index (χ2v) is 12.7. The Hall–Kier alpha value is -3.34. The Kier molecular flexibility index (Phi) is 9.00. The van der Waals surface area contributed by atoms with Crippen molar-refractivity contribution in [3.8, 4) is 0 Å². The highest BCUT2D eigenvalue weighted by molar-refractivity contribution is 6.31. The smallest absolute Gasteiger partial charge is 0.242 e. The summed E-state index contributed by atoms with van der Waals surface area (Å²) >= 11 is 12.6. The molecule has 2 amide bonds. The molecule has 1 saturated carbocycles. The minimum atomic E-state index is -1.32. The van der Waals surface area contributed by atoms with Gasteiger partial charge < -0.3 is 20.1 Å². The largest absolute Gasteiger partial charge is 0.382 e. The van der Waals surface area contributed by atoms with Gasteiger partial charge in [-0.3, -0.25) is 19.7 Å². The predicted molar refractivity (Wildman–Crippen MR) is 171 cm³/mol. The van der Waals surface area contributed by atoms with E-state index < -0.39 is 34.6 Å². The first kappa shape index (κ1) is 31.6. The molecule has 2 spiro atoms. The van der Waals surface area contributed by atoms with Crippen molar-refractivity contribution in [3.05, 3.63) is 93.2 Å². The molecule has 3 atom stereocenters. The SMILES string of the molecule is COCCOCC(=O)c1ccc(NC(=O)[C@@H]2NC3(CCCCC3)[C@@]3(C(=O)Nc4cc(Cl)ccc43)[C@H]2c2cccc(Cl)c2F)cc1. The molecule has 3 aromatic rings. The van der Waals surface area contributed by atoms with Crippen LogP contribution >= 0.6 is 23.2 Å². The molecule has 236 valence electrons. The average Bonchev–Trinajstić information content (AvgIpc) is 3.48. The van der Waals surface area contributed by atoms with E-state index in [2.05, 4.69) is 16.0 Å². The molecule has 3 aromatic carbocycles. The van der Waals surface area contributed by atoms with E-state index in [1.165, 1.54) is 6.07 Å². The van der Waals surface area contributed by atoms with E-state index in [4.69, 9.17) is 32.7 Å². The van der Waals surface area contributed by atoms with Crippen molar-refractivity contribution in [3.63, 3.8) is 0 Å². The minimum absolute atomic E-state index is 0.0902. The molecule has 2 aliphatic heterocycles. The van der Waals surface area contributed by atoms with Crippen LogP contribution in [0.25, 0.3) is 0 Å². The molecule has 3 N–H and O–H groups in total. The summed E-state index contributed by atoms with van der Waals surface area (Å²) in [5, 5.41) is 9.95. The van der Waals surface area contributed by atoms with Crippen molar-refractivity contribution in [1.29, 1.82) is 0 Å². The fourth-order valence-electron chi connectivity index (χ4n) is 7.57. The van der Waals surface area contributed by atoms with Crippen LogP contribution in [0, 0.1) is 5.82 Å². The van der Waals surface area contributed by atoms with Crippen LogP contribution < -0.4 is 16.0 Å². The number of halogens is 3. The third-order valence-electron chi connectivity index (χ3n) is 9.44. The van der Waals surface area contributed by atoms with Crippen LogP contribution in [0.2, 0.25) is 10.0 Å². The number of hydrogen-bond donors (Lipinski definition) is 3. The molecule has 6 rings (SSSR count). The topological polar surface area (TPSA) is 106 Å². The molecule has 8 nitrogen and oxygen atoms in total. The van der Waals surface area contributed by atoms with E-state index in [-0.39, 0.29) is 28.9 Å². The highest BCUT2D eigenvalue weighted by Gasteiger charge is 2.72. The van der Waals surface area contributed by atoms with Gasteiger partial charge in [0.25, 0.3) is 0 Å². The van der Waals surface area contributed by atoms with Crippen LogP contribution in [-0.4, -0.2) is 56.1 Å². The molecule has 0 bridgehead atoms. The highest BCUT2D eigenvalue weighted by atomic mass is 35.5. The monoisotopic (exact) mass is 653 g/mol. The van der Waals surface area contributed by atoms with Crippen LogP contribution in [0.1, 0.15) is 59.5 Å². The molecular weight excluding hydrogens is 620 g/mol. The van der Waals surface area contributed by atoms with Gasteiger partial charge >= 0.3 is 0 Å². The van der Waals surface area contributed by atoms with Gasteiger partial charge in [0, 0.05) is 40.5 Å². The summed E-state index contributed by atoms with van der Waals surface area (Å²) < 4.78 is 26.3. The number of methoxy groups -OCH3 is 1. The van der Waals surface area contributed by atoms with E-state index in [0.29, 0.717) is 53.6 Å². The Bertz CT molecular complexity index is 1630. The Morgan fingerprint density at radius 2 is 1.78 bits per heavy atom. The lowest BCUT2D eigenvalue weighted by atomic mass is 9.55. The van der Waals surface area contributed by atoms with Crippen molar-refractivity contribution in [2.45, 2.75) is 55.0 Å². The van der Waals surface area contributed by atoms with Crippen LogP contribution in [-0.2, 0) is 24.5 Å². The second kappa shape index (κ2) is 12.8. The summed E-state index contributed by atoms with van der Waals surface area (Å²) in [5.41, 5.74) is 0.146. The zero-order valence-electron chi connectivity index (χ0n) is 24.8. The lowest BCUT2D eigenvalue weighted by Crippen LogP contribution is -2.60. The lowest BCUT2D eigenvalue weighted by molar-refractivity contribution is -0.124. The Labute approximate surface area is 271 Å². The Morgan fingerprint density at radius 1 is 1.02 bits per heavy atom. The van der Waals surface area contributed by atoms with Crippen molar-refractivity contribution < 1.29 is 28.2 Å². The second-order valence-electron chi connectivity index (χ2n) is 11.9. The zero-order valence-corrected chi connectivity index (χ0v) is 26.3. The van der Waals surface area contributed by atoms with Crippen molar-refractivity contribution in [2.24, 2.45) is 0 Å². The number of rotatable bonds is 9. The van der Waals surface area contributed by atoms with Gasteiger partial charge in [-0.2, -0.15) is 0 Å². The zero-order chi connectivity index (χ0) is 31.8. The molecule has 45 heavy (non-hydrogen) atoms. The number of Topliss-reactive ketones (excluding diaryl/α,β-unsaturated/α-hetero) is 1. The van der Waals surface area contributed by atoms with Gasteiger partial charge in [-0.1, -0.05) is 60.7 Å². The molecule has 0 aromatic heterocycles. The lowest BCUT2D eigenvalue weighted by Gasteiger charge is -2.47. The van der Waals surface area contributed by atoms with Gasteiger partial charge in [0.1, 0.15) is 17.8 Å². The van der Waals surface area contributed by atoms with E-state index in [9.17, 15) is 14.4 Å². The van der Waals surface area contributed by atoms with E-state index >= 15 is 4.39 Å². The normalized spacial score (nSPS) is 23.2. The summed E-state index contributed by atoms with van der Waals surface area (Å²) in [4.78, 5) is 41.2. The van der Waals surface area contributed by atoms with Gasteiger partial charge in [0.15, 0.2) is 5.78 Å². The average molecular weight is 655 g/mol. The number of anilines is 2. The Balaban J connectivity index is 1.39. The molecule has 0 radical (unpaired) electrons.